The first-order valence-electron chi connectivity index (χ1n) is 9.83. The molecule has 1 amide bonds. The van der Waals surface area contributed by atoms with Crippen LogP contribution in [0.25, 0.3) is 0 Å². The number of hydrogen-bond donors (Lipinski definition) is 1. The zero-order valence-corrected chi connectivity index (χ0v) is 21.8. The number of benzene rings is 2. The molecule has 0 aliphatic carbocycles. The van der Waals surface area contributed by atoms with E-state index in [1.54, 1.807) is 19.9 Å². The second kappa shape index (κ2) is 9.52. The minimum atomic E-state index is -6.26. The molecule has 1 N–H and O–H groups in total. The smallest absolute Gasteiger partial charge is 0.322 e. The molecule has 0 heterocycles. The number of carbonyl (C=O) groups is 1. The number of carbonyl (C=O) groups excluding carboxylic acids is 1. The summed E-state index contributed by atoms with van der Waals surface area (Å²) < 4.78 is 117. The Kier molecular flexibility index (Phi) is 7.98. The highest BCUT2D eigenvalue weighted by molar-refractivity contribution is 14.1. The normalized spacial score (nSPS) is 13.6. The molecule has 0 radical (unpaired) electrons. The fourth-order valence-electron chi connectivity index (χ4n) is 3.82. The molecule has 0 saturated carbocycles. The summed E-state index contributed by atoms with van der Waals surface area (Å²) in [5, 5.41) is 2.41. The fraction of sp³-hybridized carbons (Fsp3) is 0.409. The van der Waals surface area contributed by atoms with Gasteiger partial charge in [0.05, 0.1) is 5.75 Å². The SMILES string of the molecule is Cc1cc(C(F)(C(F)(F)F)C(F)(F)F)ccc1NC(=O)c1cccc(I)c1C(C)(C)CS(C)(=O)=O. The van der Waals surface area contributed by atoms with E-state index in [-0.39, 0.29) is 22.6 Å². The van der Waals surface area contributed by atoms with Gasteiger partial charge in [-0.1, -0.05) is 32.0 Å². The third-order valence-corrected chi connectivity index (χ3v) is 7.36. The largest absolute Gasteiger partial charge is 0.435 e. The zero-order valence-electron chi connectivity index (χ0n) is 18.8. The van der Waals surface area contributed by atoms with Crippen molar-refractivity contribution in [3.05, 3.63) is 62.2 Å². The van der Waals surface area contributed by atoms with Gasteiger partial charge in [-0.25, -0.2) is 12.8 Å². The molecule has 4 nitrogen and oxygen atoms in total. The quantitative estimate of drug-likeness (QED) is 0.292. The van der Waals surface area contributed by atoms with Gasteiger partial charge in [0.25, 0.3) is 5.91 Å². The Morgan fingerprint density at radius 3 is 1.97 bits per heavy atom. The van der Waals surface area contributed by atoms with Crippen LogP contribution in [0, 0.1) is 10.5 Å². The van der Waals surface area contributed by atoms with Gasteiger partial charge in [-0.3, -0.25) is 4.79 Å². The topological polar surface area (TPSA) is 63.2 Å². The number of nitrogens with one attached hydrogen (secondary N) is 1. The van der Waals surface area contributed by atoms with Crippen molar-refractivity contribution >= 4 is 44.0 Å². The highest BCUT2D eigenvalue weighted by Gasteiger charge is 2.73. The number of rotatable bonds is 6. The van der Waals surface area contributed by atoms with Crippen LogP contribution >= 0.6 is 22.6 Å². The van der Waals surface area contributed by atoms with Crippen molar-refractivity contribution in [2.45, 2.75) is 44.2 Å². The van der Waals surface area contributed by atoms with E-state index >= 15 is 0 Å². The maximum Gasteiger partial charge on any atom is 0.435 e. The van der Waals surface area contributed by atoms with Crippen LogP contribution in [0.2, 0.25) is 0 Å². The number of sulfone groups is 1. The first kappa shape index (κ1) is 29.3. The predicted molar refractivity (Wildman–Crippen MR) is 126 cm³/mol. The molecule has 2 aromatic rings. The Morgan fingerprint density at radius 2 is 1.51 bits per heavy atom. The van der Waals surface area contributed by atoms with E-state index in [0.29, 0.717) is 21.3 Å². The molecule has 0 saturated heterocycles. The molecular formula is C22H21F7INO3S. The highest BCUT2D eigenvalue weighted by Crippen LogP contribution is 2.53. The molecule has 0 aliphatic rings. The Morgan fingerprint density at radius 1 is 0.971 bits per heavy atom. The molecule has 0 unspecified atom stereocenters. The maximum absolute atomic E-state index is 14.4. The first-order chi connectivity index (χ1) is 15.6. The molecule has 194 valence electrons. The summed E-state index contributed by atoms with van der Waals surface area (Å²) in [5.74, 6) is -1.06. The Bertz CT molecular complexity index is 1220. The van der Waals surface area contributed by atoms with Gasteiger partial charge in [0.15, 0.2) is 0 Å². The van der Waals surface area contributed by atoms with Gasteiger partial charge in [0.1, 0.15) is 9.84 Å². The van der Waals surface area contributed by atoms with E-state index in [1.165, 1.54) is 12.1 Å². The third kappa shape index (κ3) is 6.09. The molecule has 0 fully saturated rings. The highest BCUT2D eigenvalue weighted by atomic mass is 127. The molecule has 35 heavy (non-hydrogen) atoms. The number of aryl methyl sites for hydroxylation is 1. The van der Waals surface area contributed by atoms with Gasteiger partial charge in [-0.2, -0.15) is 26.3 Å². The summed E-state index contributed by atoms with van der Waals surface area (Å²) in [7, 11) is -3.45. The molecule has 0 bridgehead atoms. The molecular weight excluding hydrogens is 618 g/mol. The molecule has 2 rings (SSSR count). The average Bonchev–Trinajstić information content (AvgIpc) is 2.64. The number of anilines is 1. The van der Waals surface area contributed by atoms with Gasteiger partial charge in [0, 0.05) is 32.1 Å². The third-order valence-electron chi connectivity index (χ3n) is 5.21. The van der Waals surface area contributed by atoms with Crippen LogP contribution in [0.4, 0.5) is 36.4 Å². The van der Waals surface area contributed by atoms with Crippen molar-refractivity contribution in [2.24, 2.45) is 0 Å². The van der Waals surface area contributed by atoms with Crippen LogP contribution < -0.4 is 5.32 Å². The zero-order chi connectivity index (χ0) is 27.2. The van der Waals surface area contributed by atoms with E-state index in [9.17, 15) is 43.9 Å². The van der Waals surface area contributed by atoms with Crippen LogP contribution in [0.3, 0.4) is 0 Å². The number of amides is 1. The minimum Gasteiger partial charge on any atom is -0.322 e. The van der Waals surface area contributed by atoms with Gasteiger partial charge in [0.2, 0.25) is 0 Å². The van der Waals surface area contributed by atoms with Gasteiger partial charge >= 0.3 is 18.0 Å². The standard InChI is InChI=1S/C22H21F7INO3S/c1-12-10-13(20(23,21(24,25)26)22(27,28)29)8-9-16(12)31-18(32)14-6-5-7-15(30)17(14)19(2,3)11-35(4,33)34/h5-10H,11H2,1-4H3,(H,31,32). The number of halogens is 8. The van der Waals surface area contributed by atoms with E-state index in [2.05, 4.69) is 5.32 Å². The van der Waals surface area contributed by atoms with Crippen LogP contribution in [-0.2, 0) is 20.9 Å². The lowest BCUT2D eigenvalue weighted by Crippen LogP contribution is -2.50. The molecule has 0 aromatic heterocycles. The minimum absolute atomic E-state index is 0.0689. The average molecular weight is 639 g/mol. The van der Waals surface area contributed by atoms with Crippen molar-refractivity contribution in [2.75, 3.05) is 17.3 Å². The summed E-state index contributed by atoms with van der Waals surface area (Å²) in [6.07, 6.45) is -11.5. The number of alkyl halides is 7. The lowest BCUT2D eigenvalue weighted by atomic mass is 9.83. The monoisotopic (exact) mass is 639 g/mol. The van der Waals surface area contributed by atoms with Crippen molar-refractivity contribution in [3.8, 4) is 0 Å². The van der Waals surface area contributed by atoms with E-state index in [1.807, 2.05) is 22.6 Å². The van der Waals surface area contributed by atoms with Crippen molar-refractivity contribution in [1.82, 2.24) is 0 Å². The van der Waals surface area contributed by atoms with Crippen molar-refractivity contribution in [1.29, 1.82) is 0 Å². The van der Waals surface area contributed by atoms with Gasteiger partial charge in [-0.05, 0) is 58.8 Å². The lowest BCUT2D eigenvalue weighted by Gasteiger charge is -2.30. The van der Waals surface area contributed by atoms with E-state index in [4.69, 9.17) is 0 Å². The summed E-state index contributed by atoms with van der Waals surface area (Å²) in [6.45, 7) is 4.37. The summed E-state index contributed by atoms with van der Waals surface area (Å²) in [6, 6.07) is 6.05. The second-order valence-corrected chi connectivity index (χ2v) is 12.1. The van der Waals surface area contributed by atoms with Crippen molar-refractivity contribution in [3.63, 3.8) is 0 Å². The molecule has 0 aliphatic heterocycles. The van der Waals surface area contributed by atoms with Crippen LogP contribution in [0.15, 0.2) is 36.4 Å². The first-order valence-corrected chi connectivity index (χ1v) is 13.0. The van der Waals surface area contributed by atoms with E-state index < -0.39 is 44.7 Å². The molecule has 0 atom stereocenters. The predicted octanol–water partition coefficient (Wildman–Crippen LogP) is 6.46. The lowest BCUT2D eigenvalue weighted by molar-refractivity contribution is -0.348. The summed E-state index contributed by atoms with van der Waals surface area (Å²) in [4.78, 5) is 13.1. The Balaban J connectivity index is 2.51. The van der Waals surface area contributed by atoms with Crippen LogP contribution in [0.1, 0.15) is 40.9 Å². The Hall–Kier alpha value is -1.90. The van der Waals surface area contributed by atoms with E-state index in [0.717, 1.165) is 19.2 Å². The van der Waals surface area contributed by atoms with Crippen LogP contribution in [0.5, 0.6) is 0 Å². The van der Waals surface area contributed by atoms with Crippen LogP contribution in [-0.4, -0.2) is 38.7 Å². The number of hydrogen-bond acceptors (Lipinski definition) is 3. The molecule has 0 spiro atoms. The second-order valence-electron chi connectivity index (χ2n) is 8.75. The summed E-state index contributed by atoms with van der Waals surface area (Å²) in [5.41, 5.74) is -8.19. The van der Waals surface area contributed by atoms with Gasteiger partial charge < -0.3 is 5.32 Å². The molecule has 2 aromatic carbocycles. The maximum atomic E-state index is 14.4. The summed E-state index contributed by atoms with van der Waals surface area (Å²) >= 11 is 1.93. The van der Waals surface area contributed by atoms with Gasteiger partial charge in [-0.15, -0.1) is 0 Å². The van der Waals surface area contributed by atoms with Crippen molar-refractivity contribution < 1.29 is 43.9 Å². The Labute approximate surface area is 211 Å². The fourth-order valence-corrected chi connectivity index (χ4v) is 6.51. The molecule has 13 heteroatoms.